The number of ether oxygens (including phenoxy) is 1. The van der Waals surface area contributed by atoms with Gasteiger partial charge in [-0.05, 0) is 30.0 Å². The van der Waals surface area contributed by atoms with E-state index < -0.39 is 0 Å². The second-order valence-corrected chi connectivity index (χ2v) is 5.04. The monoisotopic (exact) mass is 319 g/mol. The Labute approximate surface area is 137 Å². The van der Waals surface area contributed by atoms with Crippen molar-refractivity contribution in [3.8, 4) is 11.1 Å². The van der Waals surface area contributed by atoms with Gasteiger partial charge in [-0.15, -0.1) is 12.4 Å². The van der Waals surface area contributed by atoms with Gasteiger partial charge >= 0.3 is 5.97 Å². The zero-order valence-corrected chi connectivity index (χ0v) is 13.5. The average molecular weight is 320 g/mol. The van der Waals surface area contributed by atoms with Crippen molar-refractivity contribution in [1.82, 2.24) is 0 Å². The van der Waals surface area contributed by atoms with Crippen LogP contribution in [-0.4, -0.2) is 18.6 Å². The Morgan fingerprint density at radius 2 is 1.64 bits per heavy atom. The molecule has 22 heavy (non-hydrogen) atoms. The lowest BCUT2D eigenvalue weighted by Gasteiger charge is -2.11. The number of benzene rings is 2. The van der Waals surface area contributed by atoms with Gasteiger partial charge in [0.25, 0.3) is 0 Å². The lowest BCUT2D eigenvalue weighted by atomic mass is 10.00. The van der Waals surface area contributed by atoms with E-state index in [1.807, 2.05) is 18.2 Å². The van der Waals surface area contributed by atoms with Crippen LogP contribution in [-0.2, 0) is 16.0 Å². The molecule has 1 atom stereocenters. The molecule has 0 spiro atoms. The maximum Gasteiger partial charge on any atom is 0.307 e. The first-order chi connectivity index (χ1) is 10.2. The molecule has 0 aromatic heterocycles. The fourth-order valence-electron chi connectivity index (χ4n) is 2.27. The van der Waals surface area contributed by atoms with E-state index in [1.54, 1.807) is 6.92 Å². The highest BCUT2D eigenvalue weighted by Crippen LogP contribution is 2.19. The van der Waals surface area contributed by atoms with Gasteiger partial charge in [0.15, 0.2) is 0 Å². The van der Waals surface area contributed by atoms with E-state index in [-0.39, 0.29) is 30.8 Å². The van der Waals surface area contributed by atoms with E-state index >= 15 is 0 Å². The second-order valence-electron chi connectivity index (χ2n) is 5.04. The van der Waals surface area contributed by atoms with E-state index in [1.165, 1.54) is 11.1 Å². The van der Waals surface area contributed by atoms with Gasteiger partial charge in [0.2, 0.25) is 0 Å². The van der Waals surface area contributed by atoms with E-state index in [2.05, 4.69) is 36.4 Å². The summed E-state index contributed by atoms with van der Waals surface area (Å²) in [6.45, 7) is 2.20. The summed E-state index contributed by atoms with van der Waals surface area (Å²) >= 11 is 0. The Balaban J connectivity index is 0.00000242. The summed E-state index contributed by atoms with van der Waals surface area (Å²) in [4.78, 5) is 11.4. The normalized spacial score (nSPS) is 11.4. The first kappa shape index (κ1) is 18.2. The van der Waals surface area contributed by atoms with E-state index in [0.29, 0.717) is 13.0 Å². The standard InChI is InChI=1S/C18H21NO2.ClH/c1-2-21-18(20)13-17(19)12-14-8-10-16(11-9-14)15-6-4-3-5-7-15;/h3-11,17H,2,12-13,19H2,1H3;1H. The van der Waals surface area contributed by atoms with E-state index in [9.17, 15) is 4.79 Å². The molecule has 1 unspecified atom stereocenters. The van der Waals surface area contributed by atoms with Crippen molar-refractivity contribution in [2.75, 3.05) is 6.61 Å². The SMILES string of the molecule is CCOC(=O)CC(N)Cc1ccc(-c2ccccc2)cc1.Cl. The van der Waals surface area contributed by atoms with Crippen LogP contribution in [0.3, 0.4) is 0 Å². The fourth-order valence-corrected chi connectivity index (χ4v) is 2.27. The van der Waals surface area contributed by atoms with Crippen molar-refractivity contribution in [2.45, 2.75) is 25.8 Å². The smallest absolute Gasteiger partial charge is 0.307 e. The first-order valence-electron chi connectivity index (χ1n) is 7.24. The number of nitrogens with two attached hydrogens (primary N) is 1. The van der Waals surface area contributed by atoms with Crippen LogP contribution in [0.1, 0.15) is 18.9 Å². The molecule has 2 rings (SSSR count). The van der Waals surface area contributed by atoms with Gasteiger partial charge < -0.3 is 10.5 Å². The predicted molar refractivity (Wildman–Crippen MR) is 92.1 cm³/mol. The van der Waals surface area contributed by atoms with Crippen molar-refractivity contribution in [1.29, 1.82) is 0 Å². The number of carbonyl (C=O) groups is 1. The Hall–Kier alpha value is -1.84. The molecule has 0 aliphatic carbocycles. The van der Waals surface area contributed by atoms with Gasteiger partial charge in [0, 0.05) is 6.04 Å². The molecule has 4 heteroatoms. The minimum absolute atomic E-state index is 0. The van der Waals surface area contributed by atoms with Gasteiger partial charge in [-0.1, -0.05) is 54.6 Å². The molecular weight excluding hydrogens is 298 g/mol. The summed E-state index contributed by atoms with van der Waals surface area (Å²) in [5.41, 5.74) is 9.49. The molecule has 2 N–H and O–H groups in total. The van der Waals surface area contributed by atoms with Crippen LogP contribution in [0.5, 0.6) is 0 Å². The third-order valence-corrected chi connectivity index (χ3v) is 3.29. The number of esters is 1. The molecule has 118 valence electrons. The molecule has 0 saturated heterocycles. The summed E-state index contributed by atoms with van der Waals surface area (Å²) < 4.78 is 4.91. The molecule has 0 saturated carbocycles. The van der Waals surface area contributed by atoms with Crippen molar-refractivity contribution in [3.63, 3.8) is 0 Å². The largest absolute Gasteiger partial charge is 0.466 e. The number of carbonyl (C=O) groups excluding carboxylic acids is 1. The highest BCUT2D eigenvalue weighted by Gasteiger charge is 2.11. The summed E-state index contributed by atoms with van der Waals surface area (Å²) in [6, 6.07) is 18.3. The molecular formula is C18H22ClNO2. The zero-order chi connectivity index (χ0) is 15.1. The molecule has 0 fully saturated rings. The predicted octanol–water partition coefficient (Wildman–Crippen LogP) is 3.60. The van der Waals surface area contributed by atoms with E-state index in [4.69, 9.17) is 10.5 Å². The molecule has 2 aromatic rings. The molecule has 0 aliphatic heterocycles. The molecule has 0 amide bonds. The molecule has 2 aromatic carbocycles. The minimum atomic E-state index is -0.231. The van der Waals surface area contributed by atoms with E-state index in [0.717, 1.165) is 5.56 Å². The number of hydrogen-bond donors (Lipinski definition) is 1. The molecule has 0 radical (unpaired) electrons. The lowest BCUT2D eigenvalue weighted by molar-refractivity contribution is -0.143. The van der Waals surface area contributed by atoms with Crippen LogP contribution in [0.25, 0.3) is 11.1 Å². The first-order valence-corrected chi connectivity index (χ1v) is 7.24. The third kappa shape index (κ3) is 5.51. The number of rotatable bonds is 6. The summed E-state index contributed by atoms with van der Waals surface area (Å²) in [6.07, 6.45) is 0.933. The Kier molecular flexibility index (Phi) is 7.64. The Morgan fingerprint density at radius 1 is 1.05 bits per heavy atom. The second kappa shape index (κ2) is 9.23. The van der Waals surface area contributed by atoms with Crippen LogP contribution >= 0.6 is 12.4 Å². The van der Waals surface area contributed by atoms with Gasteiger partial charge in [0.1, 0.15) is 0 Å². The maximum absolute atomic E-state index is 11.4. The number of hydrogen-bond acceptors (Lipinski definition) is 3. The fraction of sp³-hybridized carbons (Fsp3) is 0.278. The summed E-state index contributed by atoms with van der Waals surface area (Å²) in [7, 11) is 0. The van der Waals surface area contributed by atoms with Gasteiger partial charge in [-0.2, -0.15) is 0 Å². The summed E-state index contributed by atoms with van der Waals surface area (Å²) in [5.74, 6) is -0.231. The van der Waals surface area contributed by atoms with Gasteiger partial charge in [-0.3, -0.25) is 4.79 Å². The number of halogens is 1. The topological polar surface area (TPSA) is 52.3 Å². The van der Waals surface area contributed by atoms with Crippen LogP contribution in [0.15, 0.2) is 54.6 Å². The average Bonchev–Trinajstić information content (AvgIpc) is 2.49. The third-order valence-electron chi connectivity index (χ3n) is 3.29. The van der Waals surface area contributed by atoms with Crippen molar-refractivity contribution in [2.24, 2.45) is 5.73 Å². The zero-order valence-electron chi connectivity index (χ0n) is 12.7. The molecule has 0 aliphatic rings. The summed E-state index contributed by atoms with van der Waals surface area (Å²) in [5, 5.41) is 0. The maximum atomic E-state index is 11.4. The molecule has 3 nitrogen and oxygen atoms in total. The molecule has 0 bridgehead atoms. The Morgan fingerprint density at radius 3 is 2.23 bits per heavy atom. The van der Waals surface area contributed by atoms with Crippen LogP contribution < -0.4 is 5.73 Å². The molecule has 0 heterocycles. The van der Waals surface area contributed by atoms with Crippen molar-refractivity contribution < 1.29 is 9.53 Å². The highest BCUT2D eigenvalue weighted by atomic mass is 35.5. The van der Waals surface area contributed by atoms with Crippen molar-refractivity contribution in [3.05, 3.63) is 60.2 Å². The quantitative estimate of drug-likeness (QED) is 0.828. The van der Waals surface area contributed by atoms with Crippen LogP contribution in [0.2, 0.25) is 0 Å². The van der Waals surface area contributed by atoms with Crippen LogP contribution in [0.4, 0.5) is 0 Å². The van der Waals surface area contributed by atoms with Gasteiger partial charge in [-0.25, -0.2) is 0 Å². The van der Waals surface area contributed by atoms with Crippen molar-refractivity contribution >= 4 is 18.4 Å². The van der Waals surface area contributed by atoms with Crippen LogP contribution in [0, 0.1) is 0 Å². The Bertz CT molecular complexity index is 569. The lowest BCUT2D eigenvalue weighted by Crippen LogP contribution is -2.27. The van der Waals surface area contributed by atoms with Gasteiger partial charge in [0.05, 0.1) is 13.0 Å². The highest BCUT2D eigenvalue weighted by molar-refractivity contribution is 5.85. The minimum Gasteiger partial charge on any atom is -0.466 e.